The zero-order chi connectivity index (χ0) is 10.9. The zero-order valence-corrected chi connectivity index (χ0v) is 10.1. The number of halogens is 4. The van der Waals surface area contributed by atoms with E-state index in [0.717, 1.165) is 13.2 Å². The first-order valence-corrected chi connectivity index (χ1v) is 4.99. The molecule has 0 spiro atoms. The van der Waals surface area contributed by atoms with Crippen LogP contribution < -0.4 is 0 Å². The summed E-state index contributed by atoms with van der Waals surface area (Å²) in [5, 5.41) is 0. The molecular weight excluding hydrogens is 326 g/mol. The quantitative estimate of drug-likeness (QED) is 0.449. The first-order chi connectivity index (χ1) is 6.49. The Kier molecular flexibility index (Phi) is 3.60. The molecule has 6 heteroatoms. The molecule has 0 N–H and O–H groups in total. The molecule has 0 aliphatic rings. The number of hydrogen-bond acceptors (Lipinski definition) is 2. The van der Waals surface area contributed by atoms with Crippen LogP contribution in [0.4, 0.5) is 8.78 Å². The molecule has 0 saturated carbocycles. The number of carbonyl (C=O) groups is 1. The Bertz CT molecular complexity index is 393. The van der Waals surface area contributed by atoms with Gasteiger partial charge in [-0.15, -0.1) is 0 Å². The van der Waals surface area contributed by atoms with Gasteiger partial charge in [0.15, 0.2) is 5.82 Å². The second-order valence-electron chi connectivity index (χ2n) is 2.34. The highest BCUT2D eigenvalue weighted by molar-refractivity contribution is 9.13. The Morgan fingerprint density at radius 3 is 2.43 bits per heavy atom. The molecule has 14 heavy (non-hydrogen) atoms. The van der Waals surface area contributed by atoms with Crippen molar-refractivity contribution in [2.24, 2.45) is 0 Å². The van der Waals surface area contributed by atoms with Crippen LogP contribution in [0.5, 0.6) is 0 Å². The van der Waals surface area contributed by atoms with Crippen LogP contribution in [0.1, 0.15) is 10.4 Å². The van der Waals surface area contributed by atoms with Crippen molar-refractivity contribution < 1.29 is 18.3 Å². The third-order valence-corrected chi connectivity index (χ3v) is 3.56. The lowest BCUT2D eigenvalue weighted by atomic mass is 10.2. The summed E-state index contributed by atoms with van der Waals surface area (Å²) >= 11 is 5.63. The Morgan fingerprint density at radius 2 is 1.93 bits per heavy atom. The summed E-state index contributed by atoms with van der Waals surface area (Å²) in [6, 6.07) is 0.774. The van der Waals surface area contributed by atoms with Crippen molar-refractivity contribution in [1.29, 1.82) is 0 Å². The fraction of sp³-hybridized carbons (Fsp3) is 0.125. The average molecular weight is 330 g/mol. The Morgan fingerprint density at radius 1 is 1.36 bits per heavy atom. The SMILES string of the molecule is COC(=O)c1cc(F)c(Br)c(Br)c1F. The summed E-state index contributed by atoms with van der Waals surface area (Å²) in [7, 11) is 1.09. The van der Waals surface area contributed by atoms with E-state index < -0.39 is 23.2 Å². The molecule has 76 valence electrons. The standard InChI is InChI=1S/C8H4Br2F2O2/c1-14-8(13)3-2-4(11)5(9)6(10)7(3)12/h2H,1H3. The summed E-state index contributed by atoms with van der Waals surface area (Å²) < 4.78 is 30.5. The van der Waals surface area contributed by atoms with Crippen molar-refractivity contribution in [3.05, 3.63) is 32.2 Å². The number of benzene rings is 1. The summed E-state index contributed by atoms with van der Waals surface area (Å²) in [4.78, 5) is 11.0. The van der Waals surface area contributed by atoms with Gasteiger partial charge in [0, 0.05) is 0 Å². The summed E-state index contributed by atoms with van der Waals surface area (Å²) in [6.45, 7) is 0. The summed E-state index contributed by atoms with van der Waals surface area (Å²) in [6.07, 6.45) is 0. The van der Waals surface area contributed by atoms with Crippen LogP contribution in [0.3, 0.4) is 0 Å². The van der Waals surface area contributed by atoms with E-state index in [1.165, 1.54) is 0 Å². The number of carbonyl (C=O) groups excluding carboxylic acids is 1. The Balaban J connectivity index is 3.40. The number of ether oxygens (including phenoxy) is 1. The normalized spacial score (nSPS) is 10.1. The van der Waals surface area contributed by atoms with E-state index in [9.17, 15) is 13.6 Å². The van der Waals surface area contributed by atoms with Gasteiger partial charge in [-0.25, -0.2) is 13.6 Å². The second-order valence-corrected chi connectivity index (χ2v) is 3.93. The van der Waals surface area contributed by atoms with Crippen LogP contribution in [0.25, 0.3) is 0 Å². The van der Waals surface area contributed by atoms with E-state index in [2.05, 4.69) is 36.6 Å². The average Bonchev–Trinajstić information content (AvgIpc) is 2.19. The van der Waals surface area contributed by atoms with Crippen molar-refractivity contribution in [3.8, 4) is 0 Å². The Hall–Kier alpha value is -0.490. The van der Waals surface area contributed by atoms with Crippen molar-refractivity contribution in [2.45, 2.75) is 0 Å². The predicted molar refractivity (Wildman–Crippen MR) is 53.1 cm³/mol. The van der Waals surface area contributed by atoms with Gasteiger partial charge in [0.25, 0.3) is 0 Å². The number of hydrogen-bond donors (Lipinski definition) is 0. The highest BCUT2D eigenvalue weighted by Gasteiger charge is 2.20. The van der Waals surface area contributed by atoms with Gasteiger partial charge in [0.1, 0.15) is 5.82 Å². The first kappa shape index (κ1) is 11.6. The van der Waals surface area contributed by atoms with Gasteiger partial charge in [-0.3, -0.25) is 0 Å². The highest BCUT2D eigenvalue weighted by atomic mass is 79.9. The smallest absolute Gasteiger partial charge is 0.340 e. The molecule has 0 heterocycles. The van der Waals surface area contributed by atoms with E-state index in [1.807, 2.05) is 0 Å². The third kappa shape index (κ3) is 1.95. The molecule has 0 unspecified atom stereocenters. The lowest BCUT2D eigenvalue weighted by Crippen LogP contribution is -2.06. The molecule has 1 aromatic carbocycles. The molecule has 0 bridgehead atoms. The molecule has 0 atom stereocenters. The number of methoxy groups -OCH3 is 1. The zero-order valence-electron chi connectivity index (χ0n) is 6.91. The first-order valence-electron chi connectivity index (χ1n) is 3.40. The maximum Gasteiger partial charge on any atom is 0.340 e. The molecule has 2 nitrogen and oxygen atoms in total. The van der Waals surface area contributed by atoms with E-state index in [4.69, 9.17) is 0 Å². The molecule has 0 saturated heterocycles. The van der Waals surface area contributed by atoms with Crippen molar-refractivity contribution in [2.75, 3.05) is 7.11 Å². The van der Waals surface area contributed by atoms with Gasteiger partial charge in [0.05, 0.1) is 21.6 Å². The van der Waals surface area contributed by atoms with Gasteiger partial charge in [0.2, 0.25) is 0 Å². The van der Waals surface area contributed by atoms with Crippen LogP contribution in [0.15, 0.2) is 15.0 Å². The fourth-order valence-electron chi connectivity index (χ4n) is 0.831. The summed E-state index contributed by atoms with van der Waals surface area (Å²) in [5.74, 6) is -2.52. The third-order valence-electron chi connectivity index (χ3n) is 1.51. The van der Waals surface area contributed by atoms with Crippen molar-refractivity contribution >= 4 is 37.8 Å². The molecular formula is C8H4Br2F2O2. The van der Waals surface area contributed by atoms with Crippen LogP contribution >= 0.6 is 31.9 Å². The van der Waals surface area contributed by atoms with E-state index in [1.54, 1.807) is 0 Å². The minimum absolute atomic E-state index is 0.0670. The van der Waals surface area contributed by atoms with Gasteiger partial charge >= 0.3 is 5.97 Å². The molecule has 0 aromatic heterocycles. The highest BCUT2D eigenvalue weighted by Crippen LogP contribution is 2.31. The van der Waals surface area contributed by atoms with Crippen molar-refractivity contribution in [1.82, 2.24) is 0 Å². The van der Waals surface area contributed by atoms with Gasteiger partial charge < -0.3 is 4.74 Å². The van der Waals surface area contributed by atoms with Gasteiger partial charge in [-0.2, -0.15) is 0 Å². The monoisotopic (exact) mass is 328 g/mol. The van der Waals surface area contributed by atoms with E-state index in [0.29, 0.717) is 0 Å². The minimum Gasteiger partial charge on any atom is -0.465 e. The van der Waals surface area contributed by atoms with Gasteiger partial charge in [-0.1, -0.05) is 0 Å². The van der Waals surface area contributed by atoms with Crippen LogP contribution in [-0.2, 0) is 4.74 Å². The number of esters is 1. The fourth-order valence-corrected chi connectivity index (χ4v) is 1.52. The molecule has 1 rings (SSSR count). The molecule has 0 amide bonds. The molecule has 0 aliphatic carbocycles. The van der Waals surface area contributed by atoms with Gasteiger partial charge in [-0.05, 0) is 37.9 Å². The van der Waals surface area contributed by atoms with Crippen LogP contribution in [0.2, 0.25) is 0 Å². The maximum atomic E-state index is 13.3. The minimum atomic E-state index is -0.922. The number of rotatable bonds is 1. The van der Waals surface area contributed by atoms with Crippen LogP contribution in [0, 0.1) is 11.6 Å². The Labute approximate surface area is 95.5 Å². The second kappa shape index (κ2) is 4.35. The van der Waals surface area contributed by atoms with E-state index >= 15 is 0 Å². The van der Waals surface area contributed by atoms with Crippen LogP contribution in [-0.4, -0.2) is 13.1 Å². The topological polar surface area (TPSA) is 26.3 Å². The molecule has 0 radical (unpaired) electrons. The molecule has 0 aliphatic heterocycles. The molecule has 0 fully saturated rings. The van der Waals surface area contributed by atoms with E-state index in [-0.39, 0.29) is 8.95 Å². The lowest BCUT2D eigenvalue weighted by Gasteiger charge is -2.05. The summed E-state index contributed by atoms with van der Waals surface area (Å²) in [5.41, 5.74) is -0.444. The molecule has 1 aromatic rings. The van der Waals surface area contributed by atoms with Crippen molar-refractivity contribution in [3.63, 3.8) is 0 Å². The maximum absolute atomic E-state index is 13.3. The largest absolute Gasteiger partial charge is 0.465 e. The predicted octanol–water partition coefficient (Wildman–Crippen LogP) is 3.28. The lowest BCUT2D eigenvalue weighted by molar-refractivity contribution is 0.0594.